The second-order valence-corrected chi connectivity index (χ2v) is 8.55. The van der Waals surface area contributed by atoms with E-state index in [-0.39, 0.29) is 29.6 Å². The molecular formula is C28H26N3O3S+. The van der Waals surface area contributed by atoms with Gasteiger partial charge in [0.05, 0.1) is 17.9 Å². The molecule has 5 N–H and O–H groups in total. The zero-order valence-electron chi connectivity index (χ0n) is 19.0. The van der Waals surface area contributed by atoms with Gasteiger partial charge in [-0.25, -0.2) is 0 Å². The van der Waals surface area contributed by atoms with Crippen LogP contribution >= 0.6 is 12.6 Å². The molecule has 0 bridgehead atoms. The Morgan fingerprint density at radius 1 is 0.829 bits per heavy atom. The standard InChI is InChI=1S/C28H25N3O3S/c29-24(17-35)28(34)30-21-13-14-25(23(16-21)27(33)19-8-2-1-3-9-19)31-26(32)15-20-11-6-10-18-7-4-5-12-22(18)20/h1-14,16,24,35H,15,17,29H2,(H,30,34)(H,31,32)/p+1/t24-/m0/s1. The predicted molar refractivity (Wildman–Crippen MR) is 142 cm³/mol. The molecule has 0 saturated carbocycles. The minimum absolute atomic E-state index is 0.157. The van der Waals surface area contributed by atoms with Crippen LogP contribution in [0.3, 0.4) is 0 Å². The Labute approximate surface area is 208 Å². The fourth-order valence-electron chi connectivity index (χ4n) is 3.81. The summed E-state index contributed by atoms with van der Waals surface area (Å²) in [6.45, 7) is 0. The van der Waals surface area contributed by atoms with Gasteiger partial charge in [-0.1, -0.05) is 72.8 Å². The lowest BCUT2D eigenvalue weighted by Crippen LogP contribution is -2.67. The van der Waals surface area contributed by atoms with E-state index in [2.05, 4.69) is 29.0 Å². The molecule has 0 heterocycles. The third-order valence-corrected chi connectivity index (χ3v) is 6.10. The number of carbonyl (C=O) groups is 3. The molecule has 1 atom stereocenters. The van der Waals surface area contributed by atoms with Crippen molar-refractivity contribution in [3.05, 3.63) is 108 Å². The molecule has 0 saturated heterocycles. The van der Waals surface area contributed by atoms with E-state index >= 15 is 0 Å². The Kier molecular flexibility index (Phi) is 7.60. The first-order chi connectivity index (χ1) is 17.0. The highest BCUT2D eigenvalue weighted by molar-refractivity contribution is 7.80. The number of nitrogens with one attached hydrogen (secondary N) is 2. The highest BCUT2D eigenvalue weighted by Gasteiger charge is 2.20. The van der Waals surface area contributed by atoms with Crippen LogP contribution in [0, 0.1) is 0 Å². The van der Waals surface area contributed by atoms with Crippen molar-refractivity contribution in [2.75, 3.05) is 16.4 Å². The van der Waals surface area contributed by atoms with Crippen LogP contribution < -0.4 is 16.4 Å². The topological polar surface area (TPSA) is 103 Å². The van der Waals surface area contributed by atoms with Gasteiger partial charge in [-0.05, 0) is 34.5 Å². The van der Waals surface area contributed by atoms with Crippen molar-refractivity contribution >= 4 is 52.4 Å². The van der Waals surface area contributed by atoms with E-state index in [0.717, 1.165) is 16.3 Å². The van der Waals surface area contributed by atoms with Crippen molar-refractivity contribution in [1.29, 1.82) is 0 Å². The largest absolute Gasteiger partial charge is 0.347 e. The van der Waals surface area contributed by atoms with Gasteiger partial charge in [0.1, 0.15) is 0 Å². The molecule has 4 rings (SSSR count). The fraction of sp³-hybridized carbons (Fsp3) is 0.107. The summed E-state index contributed by atoms with van der Waals surface area (Å²) in [5.41, 5.74) is 6.24. The highest BCUT2D eigenvalue weighted by atomic mass is 32.1. The number of fused-ring (bicyclic) bond motifs is 1. The molecule has 0 aliphatic rings. The maximum atomic E-state index is 13.3. The first kappa shape index (κ1) is 24.2. The fourth-order valence-corrected chi connectivity index (χ4v) is 3.97. The summed E-state index contributed by atoms with van der Waals surface area (Å²) in [5, 5.41) is 7.72. The van der Waals surface area contributed by atoms with Gasteiger partial charge in [-0.3, -0.25) is 14.4 Å². The van der Waals surface area contributed by atoms with E-state index < -0.39 is 6.04 Å². The Hall–Kier alpha value is -3.94. The number of rotatable bonds is 8. The minimum atomic E-state index is -0.535. The van der Waals surface area contributed by atoms with Crippen molar-refractivity contribution in [3.8, 4) is 0 Å². The molecule has 0 unspecified atom stereocenters. The summed E-state index contributed by atoms with van der Waals surface area (Å²) < 4.78 is 0. The van der Waals surface area contributed by atoms with Crippen molar-refractivity contribution in [1.82, 2.24) is 0 Å². The molecule has 6 nitrogen and oxygen atoms in total. The van der Waals surface area contributed by atoms with Crippen molar-refractivity contribution in [3.63, 3.8) is 0 Å². The molecule has 7 heteroatoms. The van der Waals surface area contributed by atoms with Crippen LogP contribution in [-0.4, -0.2) is 29.4 Å². The average Bonchev–Trinajstić information content (AvgIpc) is 2.89. The van der Waals surface area contributed by atoms with Crippen LogP contribution in [0.4, 0.5) is 11.4 Å². The highest BCUT2D eigenvalue weighted by Crippen LogP contribution is 2.25. The van der Waals surface area contributed by atoms with Crippen LogP contribution in [0.1, 0.15) is 21.5 Å². The van der Waals surface area contributed by atoms with E-state index in [1.807, 2.05) is 48.5 Å². The number of anilines is 2. The molecule has 0 fully saturated rings. The minimum Gasteiger partial charge on any atom is -0.347 e. The molecule has 176 valence electrons. The second-order valence-electron chi connectivity index (χ2n) is 8.19. The van der Waals surface area contributed by atoms with Gasteiger partial charge < -0.3 is 16.4 Å². The third kappa shape index (κ3) is 5.77. The van der Waals surface area contributed by atoms with Crippen molar-refractivity contribution in [2.24, 2.45) is 0 Å². The molecule has 0 aromatic heterocycles. The molecular weight excluding hydrogens is 458 g/mol. The maximum Gasteiger partial charge on any atom is 0.283 e. The first-order valence-electron chi connectivity index (χ1n) is 11.2. The Morgan fingerprint density at radius 2 is 1.54 bits per heavy atom. The number of carbonyl (C=O) groups excluding carboxylic acids is 3. The molecule has 0 aliphatic carbocycles. The lowest BCUT2D eigenvalue weighted by Gasteiger charge is -2.14. The normalized spacial score (nSPS) is 11.6. The van der Waals surface area contributed by atoms with Gasteiger partial charge in [0.2, 0.25) is 5.91 Å². The Bertz CT molecular complexity index is 1380. The number of amides is 2. The van der Waals surface area contributed by atoms with Gasteiger partial charge in [-0.2, -0.15) is 12.6 Å². The summed E-state index contributed by atoms with van der Waals surface area (Å²) in [6, 6.07) is 26.9. The number of ketones is 1. The SMILES string of the molecule is [NH3+][C@@H](CS)C(=O)Nc1ccc(NC(=O)Cc2cccc3ccccc23)c(C(=O)c2ccccc2)c1. The molecule has 4 aromatic carbocycles. The number of hydrogen-bond acceptors (Lipinski definition) is 4. The second kappa shape index (κ2) is 11.0. The quantitative estimate of drug-likeness (QED) is 0.226. The van der Waals surface area contributed by atoms with Crippen LogP contribution in [0.25, 0.3) is 10.8 Å². The summed E-state index contributed by atoms with van der Waals surface area (Å²) in [6.07, 6.45) is 0.157. The zero-order valence-corrected chi connectivity index (χ0v) is 19.9. The third-order valence-electron chi connectivity index (χ3n) is 5.66. The summed E-state index contributed by atoms with van der Waals surface area (Å²) in [7, 11) is 0. The van der Waals surface area contributed by atoms with Crippen molar-refractivity contribution in [2.45, 2.75) is 12.5 Å². The predicted octanol–water partition coefficient (Wildman–Crippen LogP) is 3.73. The van der Waals surface area contributed by atoms with Gasteiger partial charge in [0.15, 0.2) is 11.8 Å². The van der Waals surface area contributed by atoms with Crippen LogP contribution in [-0.2, 0) is 16.0 Å². The number of hydrogen-bond donors (Lipinski definition) is 4. The Balaban J connectivity index is 1.63. The molecule has 35 heavy (non-hydrogen) atoms. The summed E-state index contributed by atoms with van der Waals surface area (Å²) >= 11 is 4.11. The smallest absolute Gasteiger partial charge is 0.283 e. The summed E-state index contributed by atoms with van der Waals surface area (Å²) in [5.74, 6) is -0.509. The van der Waals surface area contributed by atoms with E-state index in [4.69, 9.17) is 0 Å². The Morgan fingerprint density at radius 3 is 2.31 bits per heavy atom. The van der Waals surface area contributed by atoms with Crippen LogP contribution in [0.2, 0.25) is 0 Å². The molecule has 0 aliphatic heterocycles. The maximum absolute atomic E-state index is 13.3. The molecule has 0 spiro atoms. The van der Waals surface area contributed by atoms with Gasteiger partial charge >= 0.3 is 0 Å². The molecule has 0 radical (unpaired) electrons. The number of thiol groups is 1. The van der Waals surface area contributed by atoms with Crippen LogP contribution in [0.15, 0.2) is 91.0 Å². The molecule has 4 aromatic rings. The van der Waals surface area contributed by atoms with E-state index in [1.165, 1.54) is 0 Å². The van der Waals surface area contributed by atoms with Crippen LogP contribution in [0.5, 0.6) is 0 Å². The zero-order chi connectivity index (χ0) is 24.8. The van der Waals surface area contributed by atoms with Gasteiger partial charge in [-0.15, -0.1) is 0 Å². The molecule has 2 amide bonds. The number of quaternary nitrogens is 1. The number of benzene rings is 4. The summed E-state index contributed by atoms with van der Waals surface area (Å²) in [4.78, 5) is 38.6. The van der Waals surface area contributed by atoms with E-state index in [0.29, 0.717) is 22.7 Å². The van der Waals surface area contributed by atoms with Crippen molar-refractivity contribution < 1.29 is 20.1 Å². The van der Waals surface area contributed by atoms with E-state index in [1.54, 1.807) is 42.5 Å². The van der Waals surface area contributed by atoms with E-state index in [9.17, 15) is 14.4 Å². The van der Waals surface area contributed by atoms with Gasteiger partial charge in [0, 0.05) is 16.8 Å². The average molecular weight is 485 g/mol. The monoisotopic (exact) mass is 484 g/mol. The van der Waals surface area contributed by atoms with Gasteiger partial charge in [0.25, 0.3) is 5.91 Å². The first-order valence-corrected chi connectivity index (χ1v) is 11.8. The lowest BCUT2D eigenvalue weighted by molar-refractivity contribution is -0.395. The lowest BCUT2D eigenvalue weighted by atomic mass is 10.00.